The van der Waals surface area contributed by atoms with Gasteiger partial charge in [-0.2, -0.15) is 0 Å². The summed E-state index contributed by atoms with van der Waals surface area (Å²) in [6.07, 6.45) is 0. The van der Waals surface area contributed by atoms with Gasteiger partial charge in [0.15, 0.2) is 0 Å². The Morgan fingerprint density at radius 3 is 0.897 bits per heavy atom. The summed E-state index contributed by atoms with van der Waals surface area (Å²) in [7, 11) is 0. The minimum atomic E-state index is 1.09. The number of hydrogen-bond acceptors (Lipinski definition) is 4. The van der Waals surface area contributed by atoms with Gasteiger partial charge < -0.3 is 14.7 Å². The van der Waals surface area contributed by atoms with Crippen molar-refractivity contribution in [3.63, 3.8) is 0 Å². The second kappa shape index (κ2) is 15.6. The van der Waals surface area contributed by atoms with Crippen LogP contribution in [0, 0.1) is 0 Å². The highest BCUT2D eigenvalue weighted by molar-refractivity contribution is 7.25. The molecule has 0 saturated heterocycles. The van der Waals surface area contributed by atoms with Crippen LogP contribution in [0.15, 0.2) is 237 Å². The third-order valence-electron chi connectivity index (χ3n) is 10.6. The highest BCUT2D eigenvalue weighted by atomic mass is 32.1. The second-order valence-electron chi connectivity index (χ2n) is 14.2. The SMILES string of the molecule is c1ccc(N(c2ccccc2)c2ccc(-c3ccc4sc5ccc(N(c6ccccc6)c6ccc(N(c7ccccc7)c7ccccc7)cc6)cc5c4c3)cc2)cc1. The molecule has 4 heteroatoms. The summed E-state index contributed by atoms with van der Waals surface area (Å²) in [5.74, 6) is 0. The van der Waals surface area contributed by atoms with Crippen molar-refractivity contribution in [1.29, 1.82) is 0 Å². The molecule has 0 fully saturated rings. The van der Waals surface area contributed by atoms with Gasteiger partial charge in [0.05, 0.1) is 0 Å². The van der Waals surface area contributed by atoms with Crippen LogP contribution in [0.1, 0.15) is 0 Å². The Hall–Kier alpha value is -7.40. The number of rotatable bonds is 10. The summed E-state index contributed by atoms with van der Waals surface area (Å²) in [6, 6.07) is 84.5. The van der Waals surface area contributed by atoms with Crippen molar-refractivity contribution in [3.8, 4) is 11.1 Å². The number of anilines is 9. The Morgan fingerprint density at radius 1 is 0.224 bits per heavy atom. The first-order valence-electron chi connectivity index (χ1n) is 19.6. The van der Waals surface area contributed by atoms with Gasteiger partial charge in [-0.05, 0) is 139 Å². The first-order valence-corrected chi connectivity index (χ1v) is 20.4. The van der Waals surface area contributed by atoms with E-state index in [9.17, 15) is 0 Å². The molecule has 0 bridgehead atoms. The Balaban J connectivity index is 1.01. The summed E-state index contributed by atoms with van der Waals surface area (Å²) >= 11 is 1.85. The third kappa shape index (κ3) is 6.87. The average molecular weight is 762 g/mol. The molecule has 0 spiro atoms. The summed E-state index contributed by atoms with van der Waals surface area (Å²) in [5, 5.41) is 2.52. The van der Waals surface area contributed by atoms with Crippen molar-refractivity contribution < 1.29 is 0 Å². The van der Waals surface area contributed by atoms with E-state index in [4.69, 9.17) is 0 Å². The molecule has 1 aromatic heterocycles. The molecule has 3 nitrogen and oxygen atoms in total. The third-order valence-corrected chi connectivity index (χ3v) is 11.8. The zero-order valence-corrected chi connectivity index (χ0v) is 32.6. The van der Waals surface area contributed by atoms with E-state index < -0.39 is 0 Å². The molecule has 0 aliphatic rings. The number of para-hydroxylation sites is 5. The minimum Gasteiger partial charge on any atom is -0.311 e. The van der Waals surface area contributed by atoms with Gasteiger partial charge in [-0.3, -0.25) is 0 Å². The van der Waals surface area contributed by atoms with Gasteiger partial charge in [0, 0.05) is 71.4 Å². The molecule has 0 radical (unpaired) electrons. The Bertz CT molecular complexity index is 2840. The Labute approximate surface area is 343 Å². The van der Waals surface area contributed by atoms with Crippen LogP contribution in [0.25, 0.3) is 31.3 Å². The lowest BCUT2D eigenvalue weighted by atomic mass is 10.0. The maximum absolute atomic E-state index is 2.36. The van der Waals surface area contributed by atoms with E-state index in [-0.39, 0.29) is 0 Å². The van der Waals surface area contributed by atoms with Crippen LogP contribution in [0.2, 0.25) is 0 Å². The van der Waals surface area contributed by atoms with E-state index in [1.807, 2.05) is 11.3 Å². The first kappa shape index (κ1) is 35.0. The summed E-state index contributed by atoms with van der Waals surface area (Å²) in [6.45, 7) is 0. The van der Waals surface area contributed by atoms with Crippen LogP contribution in [-0.4, -0.2) is 0 Å². The van der Waals surface area contributed by atoms with Crippen LogP contribution >= 0.6 is 11.3 Å². The zero-order chi connectivity index (χ0) is 38.7. The predicted molar refractivity (Wildman–Crippen MR) is 249 cm³/mol. The lowest BCUT2D eigenvalue weighted by molar-refractivity contribution is 1.26. The fourth-order valence-corrected chi connectivity index (χ4v) is 8.93. The molecule has 276 valence electrons. The molecule has 0 unspecified atom stereocenters. The number of fused-ring (bicyclic) bond motifs is 3. The van der Waals surface area contributed by atoms with Crippen molar-refractivity contribution in [3.05, 3.63) is 237 Å². The monoisotopic (exact) mass is 761 g/mol. The fourth-order valence-electron chi connectivity index (χ4n) is 7.86. The normalized spacial score (nSPS) is 11.1. The highest BCUT2D eigenvalue weighted by Gasteiger charge is 2.18. The lowest BCUT2D eigenvalue weighted by Crippen LogP contribution is -2.12. The second-order valence-corrected chi connectivity index (χ2v) is 15.3. The van der Waals surface area contributed by atoms with Gasteiger partial charge in [0.25, 0.3) is 0 Å². The number of benzene rings is 9. The summed E-state index contributed by atoms with van der Waals surface area (Å²) < 4.78 is 2.56. The molecule has 0 atom stereocenters. The van der Waals surface area contributed by atoms with Gasteiger partial charge in [0.1, 0.15) is 0 Å². The van der Waals surface area contributed by atoms with Gasteiger partial charge >= 0.3 is 0 Å². The van der Waals surface area contributed by atoms with Crippen molar-refractivity contribution in [1.82, 2.24) is 0 Å². The lowest BCUT2D eigenvalue weighted by Gasteiger charge is -2.28. The molecule has 0 aliphatic heterocycles. The molecule has 10 aromatic rings. The van der Waals surface area contributed by atoms with E-state index in [2.05, 4.69) is 251 Å². The van der Waals surface area contributed by atoms with Gasteiger partial charge in [-0.15, -0.1) is 11.3 Å². The van der Waals surface area contributed by atoms with Gasteiger partial charge in [-0.25, -0.2) is 0 Å². The van der Waals surface area contributed by atoms with Crippen LogP contribution in [0.4, 0.5) is 51.2 Å². The van der Waals surface area contributed by atoms with Gasteiger partial charge in [-0.1, -0.05) is 109 Å². The number of nitrogens with zero attached hydrogens (tertiary/aromatic N) is 3. The maximum Gasteiger partial charge on any atom is 0.0468 e. The zero-order valence-electron chi connectivity index (χ0n) is 31.8. The highest BCUT2D eigenvalue weighted by Crippen LogP contribution is 2.43. The van der Waals surface area contributed by atoms with Crippen molar-refractivity contribution in [2.75, 3.05) is 14.7 Å². The van der Waals surface area contributed by atoms with E-state index in [0.717, 1.165) is 51.2 Å². The van der Waals surface area contributed by atoms with E-state index >= 15 is 0 Å². The van der Waals surface area contributed by atoms with Crippen LogP contribution in [-0.2, 0) is 0 Å². The summed E-state index contributed by atoms with van der Waals surface area (Å²) in [4.78, 5) is 6.96. The Kier molecular flexibility index (Phi) is 9.44. The van der Waals surface area contributed by atoms with Crippen molar-refractivity contribution >= 4 is 82.7 Å². The summed E-state index contributed by atoms with van der Waals surface area (Å²) in [5.41, 5.74) is 12.4. The molecular formula is C54H39N3S. The van der Waals surface area contributed by atoms with E-state index in [1.54, 1.807) is 0 Å². The molecule has 0 saturated carbocycles. The predicted octanol–water partition coefficient (Wildman–Crippen LogP) is 16.1. The minimum absolute atomic E-state index is 1.09. The van der Waals surface area contributed by atoms with Crippen LogP contribution in [0.5, 0.6) is 0 Å². The molecule has 1 heterocycles. The van der Waals surface area contributed by atoms with E-state index in [1.165, 1.54) is 31.3 Å². The van der Waals surface area contributed by atoms with E-state index in [0.29, 0.717) is 0 Å². The first-order chi connectivity index (χ1) is 28.8. The average Bonchev–Trinajstić information content (AvgIpc) is 3.67. The molecule has 58 heavy (non-hydrogen) atoms. The quantitative estimate of drug-likeness (QED) is 0.137. The molecule has 10 rings (SSSR count). The van der Waals surface area contributed by atoms with Crippen LogP contribution in [0.3, 0.4) is 0 Å². The van der Waals surface area contributed by atoms with Crippen LogP contribution < -0.4 is 14.7 Å². The molecule has 0 amide bonds. The standard InChI is InChI=1S/C54H39N3S/c1-6-16-42(17-7-1)55(43-18-8-2-9-19-43)47-29-26-40(27-30-47)41-28-36-53-51(38-41)52-39-50(35-37-54(52)58-53)57(46-24-14-5-15-25-46)49-33-31-48(32-34-49)56(44-20-10-3-11-21-44)45-22-12-4-13-23-45/h1-39H. The topological polar surface area (TPSA) is 9.72 Å². The molecular weight excluding hydrogens is 723 g/mol. The molecule has 0 N–H and O–H groups in total. The largest absolute Gasteiger partial charge is 0.311 e. The fraction of sp³-hybridized carbons (Fsp3) is 0. The number of hydrogen-bond donors (Lipinski definition) is 0. The Morgan fingerprint density at radius 2 is 0.500 bits per heavy atom. The van der Waals surface area contributed by atoms with Gasteiger partial charge in [0.2, 0.25) is 0 Å². The molecule has 0 aliphatic carbocycles. The number of thiophene rings is 1. The van der Waals surface area contributed by atoms with Crippen molar-refractivity contribution in [2.24, 2.45) is 0 Å². The smallest absolute Gasteiger partial charge is 0.0468 e. The maximum atomic E-state index is 2.36. The molecule has 9 aromatic carbocycles. The van der Waals surface area contributed by atoms with Crippen molar-refractivity contribution in [2.45, 2.75) is 0 Å².